The first-order chi connectivity index (χ1) is 16.9. The van der Waals surface area contributed by atoms with Gasteiger partial charge in [-0.1, -0.05) is 37.5 Å². The highest BCUT2D eigenvalue weighted by atomic mass is 31.2. The molecule has 0 spiro atoms. The van der Waals surface area contributed by atoms with E-state index >= 15 is 0 Å². The van der Waals surface area contributed by atoms with Crippen LogP contribution in [0.5, 0.6) is 0 Å². The van der Waals surface area contributed by atoms with Gasteiger partial charge in [-0.3, -0.25) is 13.6 Å². The smallest absolute Gasteiger partial charge is 0.352 e. The Morgan fingerprint density at radius 2 is 0.829 bits per heavy atom. The predicted molar refractivity (Wildman–Crippen MR) is 143 cm³/mol. The minimum Gasteiger partial charge on any atom is -0.352 e. The molecular formula is C27H51O7P. The van der Waals surface area contributed by atoms with Crippen LogP contribution in [0.1, 0.15) is 97.8 Å². The summed E-state index contributed by atoms with van der Waals surface area (Å²) in [6.07, 6.45) is 15.3. The Bertz CT molecular complexity index is 494. The summed E-state index contributed by atoms with van der Waals surface area (Å²) in [6, 6.07) is 0. The summed E-state index contributed by atoms with van der Waals surface area (Å²) in [4.78, 5) is 0. The SMILES string of the molecule is C=CCCCCCOC(C)OP(=O)(OC(C)OCCCCCC=C)OC(C)OCCCCCC=C. The molecule has 3 unspecified atom stereocenters. The van der Waals surface area contributed by atoms with Gasteiger partial charge >= 0.3 is 7.82 Å². The Hall–Kier alpha value is -0.790. The van der Waals surface area contributed by atoms with Gasteiger partial charge in [-0.05, 0) is 78.6 Å². The first-order valence-corrected chi connectivity index (χ1v) is 14.7. The van der Waals surface area contributed by atoms with Crippen LogP contribution in [-0.2, 0) is 32.3 Å². The van der Waals surface area contributed by atoms with Gasteiger partial charge in [0, 0.05) is 19.8 Å². The van der Waals surface area contributed by atoms with E-state index in [0.29, 0.717) is 19.8 Å². The van der Waals surface area contributed by atoms with Crippen molar-refractivity contribution in [2.45, 2.75) is 117 Å². The zero-order chi connectivity index (χ0) is 26.2. The Labute approximate surface area is 214 Å². The van der Waals surface area contributed by atoms with Crippen LogP contribution in [0.2, 0.25) is 0 Å². The van der Waals surface area contributed by atoms with Crippen molar-refractivity contribution in [2.24, 2.45) is 0 Å². The van der Waals surface area contributed by atoms with E-state index in [1.165, 1.54) is 0 Å². The van der Waals surface area contributed by atoms with Gasteiger partial charge in [0.25, 0.3) is 0 Å². The molecule has 0 bridgehead atoms. The highest BCUT2D eigenvalue weighted by molar-refractivity contribution is 7.48. The van der Waals surface area contributed by atoms with Crippen molar-refractivity contribution in [2.75, 3.05) is 19.8 Å². The van der Waals surface area contributed by atoms with Crippen molar-refractivity contribution in [3.05, 3.63) is 38.0 Å². The van der Waals surface area contributed by atoms with Gasteiger partial charge in [-0.15, -0.1) is 19.7 Å². The summed E-state index contributed by atoms with van der Waals surface area (Å²) >= 11 is 0. The summed E-state index contributed by atoms with van der Waals surface area (Å²) < 4.78 is 47.3. The molecule has 0 aliphatic rings. The molecule has 0 fully saturated rings. The maximum atomic E-state index is 13.4. The molecule has 0 aromatic heterocycles. The monoisotopic (exact) mass is 518 g/mol. The molecule has 0 N–H and O–H groups in total. The summed E-state index contributed by atoms with van der Waals surface area (Å²) in [6.45, 7) is 17.7. The van der Waals surface area contributed by atoms with Crippen LogP contribution < -0.4 is 0 Å². The van der Waals surface area contributed by atoms with E-state index in [2.05, 4.69) is 19.7 Å². The summed E-state index contributed by atoms with van der Waals surface area (Å²) in [5.41, 5.74) is 0. The number of ether oxygens (including phenoxy) is 3. The second-order valence-electron chi connectivity index (χ2n) is 8.49. The topological polar surface area (TPSA) is 72.5 Å². The fourth-order valence-corrected chi connectivity index (χ4v) is 4.58. The number of phosphoric ester groups is 1. The molecule has 8 heteroatoms. The first-order valence-electron chi connectivity index (χ1n) is 13.2. The third-order valence-corrected chi connectivity index (χ3v) is 6.71. The second kappa shape index (κ2) is 23.6. The van der Waals surface area contributed by atoms with E-state index in [4.69, 9.17) is 27.8 Å². The van der Waals surface area contributed by atoms with Gasteiger partial charge in [0.15, 0.2) is 18.9 Å². The zero-order valence-electron chi connectivity index (χ0n) is 22.5. The number of allylic oxidation sites excluding steroid dienone is 3. The number of hydrogen-bond acceptors (Lipinski definition) is 7. The summed E-state index contributed by atoms with van der Waals surface area (Å²) in [5.74, 6) is 0. The average Bonchev–Trinajstić information content (AvgIpc) is 2.80. The number of phosphoric acid groups is 1. The maximum Gasteiger partial charge on any atom is 0.481 e. The number of unbranched alkanes of at least 4 members (excludes halogenated alkanes) is 9. The molecule has 0 aromatic carbocycles. The lowest BCUT2D eigenvalue weighted by Gasteiger charge is -2.26. The van der Waals surface area contributed by atoms with Crippen molar-refractivity contribution in [3.8, 4) is 0 Å². The van der Waals surface area contributed by atoms with Crippen molar-refractivity contribution in [1.29, 1.82) is 0 Å². The molecule has 0 aromatic rings. The van der Waals surface area contributed by atoms with Gasteiger partial charge in [0.1, 0.15) is 0 Å². The quantitative estimate of drug-likeness (QED) is 0.0467. The normalized spacial score (nSPS) is 15.7. The van der Waals surface area contributed by atoms with Crippen LogP contribution in [0.15, 0.2) is 38.0 Å². The van der Waals surface area contributed by atoms with Crippen LogP contribution in [0.25, 0.3) is 0 Å². The molecule has 0 saturated carbocycles. The van der Waals surface area contributed by atoms with E-state index in [1.54, 1.807) is 20.8 Å². The minimum absolute atomic E-state index is 0.492. The Balaban J connectivity index is 4.65. The van der Waals surface area contributed by atoms with Crippen LogP contribution in [0.4, 0.5) is 0 Å². The molecule has 3 atom stereocenters. The molecule has 0 amide bonds. The largest absolute Gasteiger partial charge is 0.481 e. The fraction of sp³-hybridized carbons (Fsp3) is 0.778. The molecule has 0 heterocycles. The standard InChI is InChI=1S/C27H51O7P/c1-7-10-13-16-19-22-29-25(4)32-35(28,33-26(5)30-23-20-17-14-11-8-2)34-27(6)31-24-21-18-15-12-9-3/h7-9,25-27H,1-3,10-24H2,4-6H3. The lowest BCUT2D eigenvalue weighted by Crippen LogP contribution is -2.22. The number of hydrogen-bond donors (Lipinski definition) is 0. The third kappa shape index (κ3) is 22.2. The van der Waals surface area contributed by atoms with E-state index < -0.39 is 26.7 Å². The molecule has 0 radical (unpaired) electrons. The fourth-order valence-electron chi connectivity index (χ4n) is 3.16. The highest BCUT2D eigenvalue weighted by Crippen LogP contribution is 2.53. The Morgan fingerprint density at radius 1 is 0.543 bits per heavy atom. The van der Waals surface area contributed by atoms with E-state index in [1.807, 2.05) is 18.2 Å². The van der Waals surface area contributed by atoms with E-state index in [0.717, 1.165) is 77.0 Å². The molecule has 0 rings (SSSR count). The van der Waals surface area contributed by atoms with Crippen molar-refractivity contribution < 1.29 is 32.3 Å². The van der Waals surface area contributed by atoms with E-state index in [-0.39, 0.29) is 0 Å². The molecule has 0 aliphatic heterocycles. The van der Waals surface area contributed by atoms with Crippen molar-refractivity contribution in [3.63, 3.8) is 0 Å². The second-order valence-corrected chi connectivity index (χ2v) is 10.0. The van der Waals surface area contributed by atoms with Crippen molar-refractivity contribution in [1.82, 2.24) is 0 Å². The minimum atomic E-state index is -4.00. The van der Waals surface area contributed by atoms with Gasteiger partial charge in [0.05, 0.1) is 0 Å². The average molecular weight is 519 g/mol. The van der Waals surface area contributed by atoms with Crippen LogP contribution in [-0.4, -0.2) is 38.7 Å². The molecule has 35 heavy (non-hydrogen) atoms. The van der Waals surface area contributed by atoms with Crippen LogP contribution in [0.3, 0.4) is 0 Å². The summed E-state index contributed by atoms with van der Waals surface area (Å²) in [7, 11) is -4.00. The first kappa shape index (κ1) is 34.2. The van der Waals surface area contributed by atoms with Gasteiger partial charge < -0.3 is 14.2 Å². The van der Waals surface area contributed by atoms with Gasteiger partial charge in [0.2, 0.25) is 0 Å². The van der Waals surface area contributed by atoms with Crippen LogP contribution in [0, 0.1) is 0 Å². The molecule has 7 nitrogen and oxygen atoms in total. The lowest BCUT2D eigenvalue weighted by atomic mass is 10.2. The lowest BCUT2D eigenvalue weighted by molar-refractivity contribution is -0.148. The molecule has 0 saturated heterocycles. The van der Waals surface area contributed by atoms with E-state index in [9.17, 15) is 4.57 Å². The highest BCUT2D eigenvalue weighted by Gasteiger charge is 2.35. The van der Waals surface area contributed by atoms with Crippen LogP contribution >= 0.6 is 7.82 Å². The Morgan fingerprint density at radius 3 is 1.09 bits per heavy atom. The molecule has 0 aliphatic carbocycles. The Kier molecular flexibility index (Phi) is 23.1. The number of rotatable bonds is 27. The predicted octanol–water partition coefficient (Wildman–Crippen LogP) is 8.47. The molecule has 206 valence electrons. The van der Waals surface area contributed by atoms with Gasteiger partial charge in [-0.2, -0.15) is 0 Å². The maximum absolute atomic E-state index is 13.4. The zero-order valence-corrected chi connectivity index (χ0v) is 23.4. The third-order valence-electron chi connectivity index (χ3n) is 5.05. The summed E-state index contributed by atoms with van der Waals surface area (Å²) in [5, 5.41) is 0. The molecular weight excluding hydrogens is 467 g/mol. The van der Waals surface area contributed by atoms with Gasteiger partial charge in [-0.25, -0.2) is 4.57 Å². The van der Waals surface area contributed by atoms with Crippen molar-refractivity contribution >= 4 is 7.82 Å².